The van der Waals surface area contributed by atoms with Crippen molar-refractivity contribution in [3.05, 3.63) is 35.4 Å². The van der Waals surface area contributed by atoms with E-state index in [0.717, 1.165) is 11.1 Å². The predicted octanol–water partition coefficient (Wildman–Crippen LogP) is 1.89. The highest BCUT2D eigenvalue weighted by atomic mass is 16.5. The van der Waals surface area contributed by atoms with Crippen molar-refractivity contribution in [1.82, 2.24) is 4.90 Å². The summed E-state index contributed by atoms with van der Waals surface area (Å²) in [6, 6.07) is 5.79. The molecule has 24 heavy (non-hydrogen) atoms. The van der Waals surface area contributed by atoms with Crippen molar-refractivity contribution < 1.29 is 14.3 Å². The van der Waals surface area contributed by atoms with Crippen LogP contribution in [0.3, 0.4) is 0 Å². The fourth-order valence-electron chi connectivity index (χ4n) is 3.38. The topological polar surface area (TPSA) is 77.2 Å². The van der Waals surface area contributed by atoms with E-state index in [4.69, 9.17) is 15.2 Å². The van der Waals surface area contributed by atoms with Gasteiger partial charge in [-0.15, -0.1) is 0 Å². The zero-order valence-electron chi connectivity index (χ0n) is 14.5. The number of likely N-dealkylation sites (N-methyl/N-ethyl adjacent to an activating group) is 1. The number of ether oxygens (including phenoxy) is 2. The van der Waals surface area contributed by atoms with E-state index in [0.29, 0.717) is 18.8 Å². The van der Waals surface area contributed by atoms with Crippen molar-refractivity contribution in [2.24, 2.45) is 10.7 Å². The van der Waals surface area contributed by atoms with Crippen LogP contribution in [0.1, 0.15) is 31.4 Å². The van der Waals surface area contributed by atoms with E-state index in [1.165, 1.54) is 4.90 Å². The van der Waals surface area contributed by atoms with E-state index in [2.05, 4.69) is 4.99 Å². The van der Waals surface area contributed by atoms with Crippen LogP contribution in [-0.2, 0) is 15.1 Å². The zero-order chi connectivity index (χ0) is 17.5. The Morgan fingerprint density at radius 3 is 2.83 bits per heavy atom. The van der Waals surface area contributed by atoms with Gasteiger partial charge in [-0.05, 0) is 31.5 Å². The monoisotopic (exact) mass is 329 g/mol. The van der Waals surface area contributed by atoms with Gasteiger partial charge in [0.2, 0.25) is 0 Å². The SMILES string of the molecule is COC/C=C/c1ccc2c(c1)C1(CC(C)(C)O2)N=C(N)N(C)C1=O. The molecular formula is C18H23N3O3. The maximum Gasteiger partial charge on any atom is 0.261 e. The summed E-state index contributed by atoms with van der Waals surface area (Å²) in [5.74, 6) is 0.801. The van der Waals surface area contributed by atoms with Gasteiger partial charge in [0.05, 0.1) is 6.61 Å². The summed E-state index contributed by atoms with van der Waals surface area (Å²) in [7, 11) is 3.30. The number of benzene rings is 1. The number of fused-ring (bicyclic) bond motifs is 2. The molecule has 3 rings (SSSR count). The van der Waals surface area contributed by atoms with Gasteiger partial charge in [0.1, 0.15) is 11.4 Å². The van der Waals surface area contributed by atoms with Crippen molar-refractivity contribution in [2.45, 2.75) is 31.4 Å². The molecule has 1 aromatic carbocycles. The second-order valence-electron chi connectivity index (χ2n) is 6.85. The van der Waals surface area contributed by atoms with E-state index in [-0.39, 0.29) is 11.9 Å². The molecule has 2 aliphatic rings. The van der Waals surface area contributed by atoms with Crippen LogP contribution in [0.2, 0.25) is 0 Å². The summed E-state index contributed by atoms with van der Waals surface area (Å²) < 4.78 is 11.1. The number of amides is 1. The highest BCUT2D eigenvalue weighted by molar-refractivity contribution is 6.07. The minimum absolute atomic E-state index is 0.115. The maximum absolute atomic E-state index is 13.0. The lowest BCUT2D eigenvalue weighted by molar-refractivity contribution is -0.133. The average Bonchev–Trinajstić information content (AvgIpc) is 2.72. The Hall–Kier alpha value is -2.34. The van der Waals surface area contributed by atoms with Crippen LogP contribution in [0.5, 0.6) is 5.75 Å². The summed E-state index contributed by atoms with van der Waals surface area (Å²) in [4.78, 5) is 18.9. The Bertz CT molecular complexity index is 739. The number of rotatable bonds is 3. The average molecular weight is 329 g/mol. The van der Waals surface area contributed by atoms with Crippen molar-refractivity contribution in [3.63, 3.8) is 0 Å². The molecule has 2 heterocycles. The van der Waals surface area contributed by atoms with Crippen LogP contribution in [0.25, 0.3) is 6.08 Å². The second-order valence-corrected chi connectivity index (χ2v) is 6.85. The Kier molecular flexibility index (Phi) is 3.87. The Balaban J connectivity index is 2.13. The van der Waals surface area contributed by atoms with Gasteiger partial charge >= 0.3 is 0 Å². The number of nitrogens with zero attached hydrogens (tertiary/aromatic N) is 2. The van der Waals surface area contributed by atoms with Crippen LogP contribution >= 0.6 is 0 Å². The molecule has 0 saturated heterocycles. The van der Waals surface area contributed by atoms with E-state index < -0.39 is 11.1 Å². The summed E-state index contributed by atoms with van der Waals surface area (Å²) in [6.07, 6.45) is 4.32. The summed E-state index contributed by atoms with van der Waals surface area (Å²) in [5, 5.41) is 0. The minimum atomic E-state index is -1.01. The van der Waals surface area contributed by atoms with Gasteiger partial charge in [-0.2, -0.15) is 0 Å². The first-order chi connectivity index (χ1) is 11.3. The maximum atomic E-state index is 13.0. The molecule has 0 radical (unpaired) electrons. The van der Waals surface area contributed by atoms with Crippen LogP contribution < -0.4 is 10.5 Å². The van der Waals surface area contributed by atoms with Crippen molar-refractivity contribution in [2.75, 3.05) is 20.8 Å². The molecule has 1 amide bonds. The molecule has 1 unspecified atom stereocenters. The van der Waals surface area contributed by atoms with Gasteiger partial charge in [-0.1, -0.05) is 18.2 Å². The highest BCUT2D eigenvalue weighted by Gasteiger charge is 2.55. The number of carbonyl (C=O) groups is 1. The van der Waals surface area contributed by atoms with Gasteiger partial charge in [0.15, 0.2) is 11.5 Å². The lowest BCUT2D eigenvalue weighted by atomic mass is 9.77. The molecule has 0 bridgehead atoms. The number of guanidine groups is 1. The largest absolute Gasteiger partial charge is 0.487 e. The van der Waals surface area contributed by atoms with Gasteiger partial charge in [0, 0.05) is 26.1 Å². The molecule has 6 nitrogen and oxygen atoms in total. The van der Waals surface area contributed by atoms with Gasteiger partial charge in [-0.3, -0.25) is 9.69 Å². The molecule has 0 saturated carbocycles. The van der Waals surface area contributed by atoms with E-state index in [1.54, 1.807) is 14.2 Å². The third-order valence-electron chi connectivity index (χ3n) is 4.40. The zero-order valence-corrected chi connectivity index (χ0v) is 14.5. The fourth-order valence-corrected chi connectivity index (χ4v) is 3.38. The highest BCUT2D eigenvalue weighted by Crippen LogP contribution is 2.49. The van der Waals surface area contributed by atoms with Gasteiger partial charge in [-0.25, -0.2) is 4.99 Å². The third-order valence-corrected chi connectivity index (χ3v) is 4.40. The number of carbonyl (C=O) groups excluding carboxylic acids is 1. The van der Waals surface area contributed by atoms with E-state index in [1.807, 2.05) is 44.2 Å². The molecule has 0 fully saturated rings. The molecule has 0 aliphatic carbocycles. The Morgan fingerprint density at radius 1 is 1.46 bits per heavy atom. The van der Waals surface area contributed by atoms with Crippen LogP contribution in [0, 0.1) is 0 Å². The molecule has 2 aliphatic heterocycles. The number of aliphatic imine (C=N–C) groups is 1. The Morgan fingerprint density at radius 2 is 2.21 bits per heavy atom. The van der Waals surface area contributed by atoms with E-state index >= 15 is 0 Å². The normalized spacial score (nSPS) is 25.1. The lowest BCUT2D eigenvalue weighted by Crippen LogP contribution is -2.49. The first-order valence-corrected chi connectivity index (χ1v) is 7.92. The number of hydrogen-bond acceptors (Lipinski definition) is 5. The molecule has 2 N–H and O–H groups in total. The van der Waals surface area contributed by atoms with Gasteiger partial charge < -0.3 is 15.2 Å². The fraction of sp³-hybridized carbons (Fsp3) is 0.444. The van der Waals surface area contributed by atoms with E-state index in [9.17, 15) is 4.79 Å². The first-order valence-electron chi connectivity index (χ1n) is 7.92. The van der Waals surface area contributed by atoms with Crippen LogP contribution in [-0.4, -0.2) is 43.1 Å². The molecular weight excluding hydrogens is 306 g/mol. The van der Waals surface area contributed by atoms with Gasteiger partial charge in [0.25, 0.3) is 5.91 Å². The molecule has 1 spiro atoms. The third kappa shape index (κ3) is 2.57. The second kappa shape index (κ2) is 5.63. The van der Waals surface area contributed by atoms with Crippen molar-refractivity contribution in [3.8, 4) is 5.75 Å². The molecule has 1 aromatic rings. The van der Waals surface area contributed by atoms with Crippen molar-refractivity contribution in [1.29, 1.82) is 0 Å². The summed E-state index contributed by atoms with van der Waals surface area (Å²) in [6.45, 7) is 4.45. The standard InChI is InChI=1S/C18H23N3O3/c1-17(2)11-18(15(22)21(3)16(19)20-18)13-10-12(6-5-9-23-4)7-8-14(13)24-17/h5-8,10H,9,11H2,1-4H3,(H2,19,20)/b6-5+. The first kappa shape index (κ1) is 16.5. The molecule has 1 atom stereocenters. The number of methoxy groups -OCH3 is 1. The number of nitrogens with two attached hydrogens (primary N) is 1. The summed E-state index contributed by atoms with van der Waals surface area (Å²) in [5.41, 5.74) is 6.14. The summed E-state index contributed by atoms with van der Waals surface area (Å²) >= 11 is 0. The quantitative estimate of drug-likeness (QED) is 0.918. The minimum Gasteiger partial charge on any atom is -0.487 e. The molecule has 0 aromatic heterocycles. The molecule has 128 valence electrons. The number of hydrogen-bond donors (Lipinski definition) is 1. The lowest BCUT2D eigenvalue weighted by Gasteiger charge is -2.41. The predicted molar refractivity (Wildman–Crippen MR) is 92.7 cm³/mol. The molecule has 6 heteroatoms. The van der Waals surface area contributed by atoms with Crippen LogP contribution in [0.15, 0.2) is 29.3 Å². The van der Waals surface area contributed by atoms with Crippen LogP contribution in [0.4, 0.5) is 0 Å². The van der Waals surface area contributed by atoms with Crippen molar-refractivity contribution >= 4 is 17.9 Å². The smallest absolute Gasteiger partial charge is 0.261 e. The Labute approximate surface area is 141 Å².